The first kappa shape index (κ1) is 17.5. The summed E-state index contributed by atoms with van der Waals surface area (Å²) >= 11 is 5.00. The first-order valence-corrected chi connectivity index (χ1v) is 8.51. The Morgan fingerprint density at radius 3 is 2.48 bits per heavy atom. The van der Waals surface area contributed by atoms with Gasteiger partial charge in [0.15, 0.2) is 6.61 Å². The molecule has 0 bridgehead atoms. The summed E-state index contributed by atoms with van der Waals surface area (Å²) in [7, 11) is 0. The predicted molar refractivity (Wildman–Crippen MR) is 92.2 cm³/mol. The zero-order valence-electron chi connectivity index (χ0n) is 12.7. The van der Waals surface area contributed by atoms with Crippen LogP contribution in [0.1, 0.15) is 27.0 Å². The van der Waals surface area contributed by atoms with Crippen molar-refractivity contribution in [2.24, 2.45) is 0 Å². The van der Waals surface area contributed by atoms with Crippen LogP contribution in [-0.2, 0) is 11.3 Å². The molecule has 0 unspecified atom stereocenters. The number of aliphatic carboxylic acids is 1. The molecule has 1 heterocycles. The Hall–Kier alpha value is -1.86. The fraction of sp³-hybridized carbons (Fsp3) is 0.250. The average Bonchev–Trinajstić information content (AvgIpc) is 2.88. The van der Waals surface area contributed by atoms with Crippen LogP contribution in [0, 0.1) is 13.8 Å². The molecule has 5 nitrogen and oxygen atoms in total. The SMILES string of the molecule is Cc1cc(C(=O)NCc2ccsc2Br)cc(C)c1OCC(=O)O. The maximum atomic E-state index is 12.3. The van der Waals surface area contributed by atoms with Crippen molar-refractivity contribution in [1.82, 2.24) is 5.32 Å². The van der Waals surface area contributed by atoms with Gasteiger partial charge in [0.2, 0.25) is 0 Å². The first-order valence-electron chi connectivity index (χ1n) is 6.84. The number of ether oxygens (including phenoxy) is 1. The fourth-order valence-corrected chi connectivity index (χ4v) is 3.41. The van der Waals surface area contributed by atoms with Gasteiger partial charge in [-0.15, -0.1) is 11.3 Å². The van der Waals surface area contributed by atoms with E-state index in [1.54, 1.807) is 37.3 Å². The molecule has 2 N–H and O–H groups in total. The van der Waals surface area contributed by atoms with Gasteiger partial charge in [-0.3, -0.25) is 4.79 Å². The molecule has 0 fully saturated rings. The molecule has 1 aromatic heterocycles. The van der Waals surface area contributed by atoms with Crippen LogP contribution in [0.4, 0.5) is 0 Å². The second kappa shape index (κ2) is 7.61. The van der Waals surface area contributed by atoms with Crippen LogP contribution in [0.25, 0.3) is 0 Å². The van der Waals surface area contributed by atoms with Crippen molar-refractivity contribution in [3.63, 3.8) is 0 Å². The maximum Gasteiger partial charge on any atom is 0.341 e. The van der Waals surface area contributed by atoms with E-state index >= 15 is 0 Å². The minimum absolute atomic E-state index is 0.181. The quantitative estimate of drug-likeness (QED) is 0.781. The van der Waals surface area contributed by atoms with Crippen LogP contribution in [0.15, 0.2) is 27.4 Å². The molecule has 1 aromatic carbocycles. The minimum atomic E-state index is -1.04. The number of thiophene rings is 1. The maximum absolute atomic E-state index is 12.3. The normalized spacial score (nSPS) is 10.4. The smallest absolute Gasteiger partial charge is 0.341 e. The Bertz CT molecular complexity index is 718. The topological polar surface area (TPSA) is 75.6 Å². The van der Waals surface area contributed by atoms with Crippen molar-refractivity contribution in [1.29, 1.82) is 0 Å². The standard InChI is InChI=1S/C16H16BrNO4S/c1-9-5-12(6-10(2)14(9)22-8-13(19)20)16(21)18-7-11-3-4-23-15(11)17/h3-6H,7-8H2,1-2H3,(H,18,21)(H,19,20). The Labute approximate surface area is 146 Å². The molecule has 0 aliphatic heterocycles. The number of amides is 1. The fourth-order valence-electron chi connectivity index (χ4n) is 2.17. The van der Waals surface area contributed by atoms with Crippen LogP contribution in [0.2, 0.25) is 0 Å². The molecular weight excluding hydrogens is 382 g/mol. The lowest BCUT2D eigenvalue weighted by molar-refractivity contribution is -0.139. The summed E-state index contributed by atoms with van der Waals surface area (Å²) in [6.45, 7) is 3.62. The van der Waals surface area contributed by atoms with Crippen molar-refractivity contribution in [3.8, 4) is 5.75 Å². The lowest BCUT2D eigenvalue weighted by Crippen LogP contribution is -2.23. The lowest BCUT2D eigenvalue weighted by Gasteiger charge is -2.13. The van der Waals surface area contributed by atoms with Gasteiger partial charge in [-0.1, -0.05) is 0 Å². The van der Waals surface area contributed by atoms with E-state index in [9.17, 15) is 9.59 Å². The summed E-state index contributed by atoms with van der Waals surface area (Å²) in [5.74, 6) is -0.712. The van der Waals surface area contributed by atoms with Crippen molar-refractivity contribution in [3.05, 3.63) is 49.6 Å². The van der Waals surface area contributed by atoms with Gasteiger partial charge in [-0.05, 0) is 70.0 Å². The Balaban J connectivity index is 2.09. The van der Waals surface area contributed by atoms with Gasteiger partial charge in [-0.25, -0.2) is 4.79 Å². The van der Waals surface area contributed by atoms with Gasteiger partial charge in [0, 0.05) is 12.1 Å². The van der Waals surface area contributed by atoms with Gasteiger partial charge in [0.25, 0.3) is 5.91 Å². The number of hydrogen-bond acceptors (Lipinski definition) is 4. The second-order valence-electron chi connectivity index (χ2n) is 5.02. The molecule has 2 aromatic rings. The molecule has 0 aliphatic carbocycles. The third kappa shape index (κ3) is 4.56. The highest BCUT2D eigenvalue weighted by molar-refractivity contribution is 9.11. The molecule has 0 radical (unpaired) electrons. The molecule has 1 amide bonds. The Kier molecular flexibility index (Phi) is 5.79. The summed E-state index contributed by atoms with van der Waals surface area (Å²) in [6.07, 6.45) is 0. The monoisotopic (exact) mass is 397 g/mol. The minimum Gasteiger partial charge on any atom is -0.481 e. The van der Waals surface area contributed by atoms with E-state index in [1.807, 2.05) is 11.4 Å². The number of carbonyl (C=O) groups excluding carboxylic acids is 1. The zero-order chi connectivity index (χ0) is 17.0. The molecule has 122 valence electrons. The molecule has 0 spiro atoms. The number of carbonyl (C=O) groups is 2. The number of carboxylic acids is 1. The molecular formula is C16H16BrNO4S. The van der Waals surface area contributed by atoms with Crippen molar-refractivity contribution in [2.75, 3.05) is 6.61 Å². The molecule has 23 heavy (non-hydrogen) atoms. The number of rotatable bonds is 6. The largest absolute Gasteiger partial charge is 0.481 e. The molecule has 2 rings (SSSR count). The van der Waals surface area contributed by atoms with E-state index in [4.69, 9.17) is 9.84 Å². The van der Waals surface area contributed by atoms with E-state index in [2.05, 4.69) is 21.2 Å². The van der Waals surface area contributed by atoms with Gasteiger partial charge in [0.05, 0.1) is 3.79 Å². The summed E-state index contributed by atoms with van der Waals surface area (Å²) in [5.41, 5.74) is 3.01. The summed E-state index contributed by atoms with van der Waals surface area (Å²) < 4.78 is 6.26. The molecule has 0 saturated carbocycles. The van der Waals surface area contributed by atoms with Gasteiger partial charge < -0.3 is 15.2 Å². The number of hydrogen-bond donors (Lipinski definition) is 2. The van der Waals surface area contributed by atoms with Crippen molar-refractivity contribution < 1.29 is 19.4 Å². The average molecular weight is 398 g/mol. The molecule has 0 aliphatic rings. The molecule has 0 saturated heterocycles. The van der Waals surface area contributed by atoms with E-state index in [-0.39, 0.29) is 5.91 Å². The van der Waals surface area contributed by atoms with Crippen LogP contribution in [0.3, 0.4) is 0 Å². The number of halogens is 1. The van der Waals surface area contributed by atoms with Gasteiger partial charge in [0.1, 0.15) is 5.75 Å². The Morgan fingerprint density at radius 2 is 1.96 bits per heavy atom. The van der Waals surface area contributed by atoms with Crippen LogP contribution in [0.5, 0.6) is 5.75 Å². The predicted octanol–water partition coefficient (Wildman–Crippen LogP) is 3.52. The lowest BCUT2D eigenvalue weighted by atomic mass is 10.0. The zero-order valence-corrected chi connectivity index (χ0v) is 15.1. The third-order valence-electron chi connectivity index (χ3n) is 3.20. The van der Waals surface area contributed by atoms with Gasteiger partial charge in [-0.2, -0.15) is 0 Å². The van der Waals surface area contributed by atoms with Crippen LogP contribution < -0.4 is 10.1 Å². The second-order valence-corrected chi connectivity index (χ2v) is 7.26. The van der Waals surface area contributed by atoms with Crippen molar-refractivity contribution >= 4 is 39.1 Å². The number of aryl methyl sites for hydroxylation is 2. The third-order valence-corrected chi connectivity index (χ3v) is 5.01. The van der Waals surface area contributed by atoms with E-state index in [0.29, 0.717) is 17.9 Å². The first-order chi connectivity index (χ1) is 10.9. The summed E-state index contributed by atoms with van der Waals surface area (Å²) in [6, 6.07) is 5.35. The van der Waals surface area contributed by atoms with E-state index < -0.39 is 12.6 Å². The Morgan fingerprint density at radius 1 is 1.30 bits per heavy atom. The highest BCUT2D eigenvalue weighted by atomic mass is 79.9. The highest BCUT2D eigenvalue weighted by Crippen LogP contribution is 2.25. The van der Waals surface area contributed by atoms with Gasteiger partial charge >= 0.3 is 5.97 Å². The summed E-state index contributed by atoms with van der Waals surface area (Å²) in [5, 5.41) is 13.5. The molecule has 0 atom stereocenters. The number of nitrogens with one attached hydrogen (secondary N) is 1. The molecule has 7 heteroatoms. The summed E-state index contributed by atoms with van der Waals surface area (Å²) in [4.78, 5) is 22.9. The van der Waals surface area contributed by atoms with E-state index in [0.717, 1.165) is 20.5 Å². The van der Waals surface area contributed by atoms with Crippen molar-refractivity contribution in [2.45, 2.75) is 20.4 Å². The number of carboxylic acid groups (broad SMARTS) is 1. The van der Waals surface area contributed by atoms with Crippen LogP contribution in [-0.4, -0.2) is 23.6 Å². The van der Waals surface area contributed by atoms with Crippen LogP contribution >= 0.6 is 27.3 Å². The highest BCUT2D eigenvalue weighted by Gasteiger charge is 2.13. The van der Waals surface area contributed by atoms with E-state index in [1.165, 1.54) is 0 Å². The number of benzene rings is 1.